The number of hydrogen-bond donors (Lipinski definition) is 0. The van der Waals surface area contributed by atoms with Gasteiger partial charge in [0.05, 0.1) is 17.0 Å². The molecule has 0 unspecified atom stereocenters. The SMILES string of the molecule is C=C1C(=O)O[C@@H]2CC(=C)[C@H](OC(=O)c3ccccc3)CC/C(C)=C\[C@@H](OC(=O)c3ccccc3)[C@@H]12. The van der Waals surface area contributed by atoms with E-state index in [1.54, 1.807) is 48.5 Å². The van der Waals surface area contributed by atoms with Crippen LogP contribution < -0.4 is 0 Å². The van der Waals surface area contributed by atoms with Crippen molar-refractivity contribution in [3.05, 3.63) is 108 Å². The summed E-state index contributed by atoms with van der Waals surface area (Å²) < 4.78 is 17.3. The van der Waals surface area contributed by atoms with E-state index in [2.05, 4.69) is 13.2 Å². The van der Waals surface area contributed by atoms with Crippen LogP contribution in [0.2, 0.25) is 0 Å². The first-order valence-corrected chi connectivity index (χ1v) is 11.6. The molecular weight excluding hydrogens is 444 g/mol. The molecule has 180 valence electrons. The summed E-state index contributed by atoms with van der Waals surface area (Å²) in [5.74, 6) is -2.03. The lowest BCUT2D eigenvalue weighted by Gasteiger charge is -2.29. The Labute approximate surface area is 204 Å². The van der Waals surface area contributed by atoms with Crippen molar-refractivity contribution in [3.8, 4) is 0 Å². The molecule has 2 aromatic carbocycles. The number of benzene rings is 2. The standard InChI is InChI=1S/C29H28O6/c1-18-14-15-23(33-28(31)21-10-6-4-7-11-21)19(2)17-25-26(20(3)27(30)34-25)24(16-18)35-29(32)22-12-8-5-9-13-22/h4-13,16,23-26H,2-3,14-15,17H2,1H3/b18-16-/t23-,24-,25-,26-/m1/s1. The summed E-state index contributed by atoms with van der Waals surface area (Å²) in [6.45, 7) is 10.00. The summed E-state index contributed by atoms with van der Waals surface area (Å²) >= 11 is 0. The molecule has 0 bridgehead atoms. The number of carbonyl (C=O) groups is 3. The fourth-order valence-electron chi connectivity index (χ4n) is 4.43. The molecule has 4 atom stereocenters. The highest BCUT2D eigenvalue weighted by atomic mass is 16.6. The predicted octanol–water partition coefficient (Wildman–Crippen LogP) is 5.22. The van der Waals surface area contributed by atoms with E-state index in [4.69, 9.17) is 14.2 Å². The maximum Gasteiger partial charge on any atom is 0.338 e. The minimum absolute atomic E-state index is 0.246. The lowest BCUT2D eigenvalue weighted by molar-refractivity contribution is -0.139. The lowest BCUT2D eigenvalue weighted by atomic mass is 9.84. The molecule has 1 heterocycles. The van der Waals surface area contributed by atoms with Crippen molar-refractivity contribution < 1.29 is 28.6 Å². The Morgan fingerprint density at radius 1 is 0.914 bits per heavy atom. The minimum Gasteiger partial charge on any atom is -0.458 e. The summed E-state index contributed by atoms with van der Waals surface area (Å²) in [5.41, 5.74) is 2.68. The predicted molar refractivity (Wildman–Crippen MR) is 131 cm³/mol. The van der Waals surface area contributed by atoms with Crippen molar-refractivity contribution >= 4 is 17.9 Å². The quantitative estimate of drug-likeness (QED) is 0.263. The molecule has 4 rings (SSSR count). The topological polar surface area (TPSA) is 78.9 Å². The van der Waals surface area contributed by atoms with Gasteiger partial charge in [0.25, 0.3) is 0 Å². The van der Waals surface area contributed by atoms with Gasteiger partial charge in [-0.05, 0) is 55.7 Å². The largest absolute Gasteiger partial charge is 0.458 e. The molecule has 2 aromatic rings. The smallest absolute Gasteiger partial charge is 0.338 e. The number of fused-ring (bicyclic) bond motifs is 1. The van der Waals surface area contributed by atoms with Gasteiger partial charge in [0.1, 0.15) is 18.3 Å². The van der Waals surface area contributed by atoms with E-state index in [1.807, 2.05) is 25.1 Å². The first kappa shape index (κ1) is 24.2. The second-order valence-electron chi connectivity index (χ2n) is 8.90. The molecule has 0 N–H and O–H groups in total. The first-order chi connectivity index (χ1) is 16.8. The molecule has 6 heteroatoms. The van der Waals surface area contributed by atoms with Crippen LogP contribution in [0.15, 0.2) is 96.6 Å². The molecule has 6 nitrogen and oxygen atoms in total. The summed E-state index contributed by atoms with van der Waals surface area (Å²) in [7, 11) is 0. The average molecular weight is 473 g/mol. The molecule has 1 aliphatic carbocycles. The van der Waals surface area contributed by atoms with Crippen LogP contribution in [-0.2, 0) is 19.0 Å². The zero-order chi connectivity index (χ0) is 24.9. The van der Waals surface area contributed by atoms with Crippen LogP contribution in [0.1, 0.15) is 46.9 Å². The molecule has 0 saturated carbocycles. The van der Waals surface area contributed by atoms with E-state index in [-0.39, 0.29) is 12.0 Å². The molecule has 0 aromatic heterocycles. The molecule has 0 spiro atoms. The van der Waals surface area contributed by atoms with E-state index >= 15 is 0 Å². The fourth-order valence-corrected chi connectivity index (χ4v) is 4.43. The van der Waals surface area contributed by atoms with Gasteiger partial charge in [-0.1, -0.05) is 55.1 Å². The molecule has 1 aliphatic heterocycles. The summed E-state index contributed by atoms with van der Waals surface area (Å²) in [6.07, 6.45) is 1.26. The Kier molecular flexibility index (Phi) is 7.30. The van der Waals surface area contributed by atoms with Gasteiger partial charge in [0, 0.05) is 12.0 Å². The number of hydrogen-bond acceptors (Lipinski definition) is 6. The summed E-state index contributed by atoms with van der Waals surface area (Å²) in [5, 5.41) is 0. The maximum atomic E-state index is 12.8. The van der Waals surface area contributed by atoms with Crippen LogP contribution in [0, 0.1) is 5.92 Å². The van der Waals surface area contributed by atoms with Crippen molar-refractivity contribution in [2.24, 2.45) is 5.92 Å². The Morgan fingerprint density at radius 3 is 2.09 bits per heavy atom. The highest BCUT2D eigenvalue weighted by Crippen LogP contribution is 2.38. The van der Waals surface area contributed by atoms with Gasteiger partial charge in [-0.3, -0.25) is 0 Å². The van der Waals surface area contributed by atoms with Crippen molar-refractivity contribution in [3.63, 3.8) is 0 Å². The number of esters is 3. The zero-order valence-electron chi connectivity index (χ0n) is 19.6. The van der Waals surface area contributed by atoms with Crippen LogP contribution in [0.25, 0.3) is 0 Å². The van der Waals surface area contributed by atoms with Crippen molar-refractivity contribution in [1.82, 2.24) is 0 Å². The molecule has 2 aliphatic rings. The Bertz CT molecular complexity index is 1160. The van der Waals surface area contributed by atoms with Gasteiger partial charge < -0.3 is 14.2 Å². The van der Waals surface area contributed by atoms with Crippen molar-refractivity contribution in [2.45, 2.75) is 44.5 Å². The van der Waals surface area contributed by atoms with Crippen LogP contribution in [0.5, 0.6) is 0 Å². The third-order valence-corrected chi connectivity index (χ3v) is 6.36. The Hall–Kier alpha value is -3.93. The Morgan fingerprint density at radius 2 is 1.49 bits per heavy atom. The fraction of sp³-hybridized carbons (Fsp3) is 0.276. The van der Waals surface area contributed by atoms with Crippen LogP contribution >= 0.6 is 0 Å². The van der Waals surface area contributed by atoms with Crippen molar-refractivity contribution in [2.75, 3.05) is 0 Å². The monoisotopic (exact) mass is 472 g/mol. The third kappa shape index (κ3) is 5.60. The van der Waals surface area contributed by atoms with Crippen LogP contribution in [-0.4, -0.2) is 36.2 Å². The zero-order valence-corrected chi connectivity index (χ0v) is 19.6. The van der Waals surface area contributed by atoms with Gasteiger partial charge in [-0.15, -0.1) is 0 Å². The summed E-state index contributed by atoms with van der Waals surface area (Å²) in [4.78, 5) is 38.0. The van der Waals surface area contributed by atoms with Gasteiger partial charge >= 0.3 is 17.9 Å². The molecule has 0 amide bonds. The van der Waals surface area contributed by atoms with Crippen LogP contribution in [0.4, 0.5) is 0 Å². The minimum atomic E-state index is -0.733. The molecule has 1 saturated heterocycles. The third-order valence-electron chi connectivity index (χ3n) is 6.36. The van der Waals surface area contributed by atoms with Crippen LogP contribution in [0.3, 0.4) is 0 Å². The molecule has 35 heavy (non-hydrogen) atoms. The second kappa shape index (κ2) is 10.6. The second-order valence-corrected chi connectivity index (χ2v) is 8.90. The van der Waals surface area contributed by atoms with E-state index < -0.39 is 42.1 Å². The first-order valence-electron chi connectivity index (χ1n) is 11.6. The lowest BCUT2D eigenvalue weighted by Crippen LogP contribution is -2.34. The van der Waals surface area contributed by atoms with E-state index in [9.17, 15) is 14.4 Å². The molecular formula is C29H28O6. The summed E-state index contributed by atoms with van der Waals surface area (Å²) in [6, 6.07) is 17.5. The number of ether oxygens (including phenoxy) is 3. The number of carbonyl (C=O) groups excluding carboxylic acids is 3. The highest BCUT2D eigenvalue weighted by Gasteiger charge is 2.45. The van der Waals surface area contributed by atoms with Gasteiger partial charge in [0.2, 0.25) is 0 Å². The number of allylic oxidation sites excluding steroid dienone is 1. The van der Waals surface area contributed by atoms with E-state index in [1.165, 1.54) is 0 Å². The molecule has 0 radical (unpaired) electrons. The average Bonchev–Trinajstić information content (AvgIpc) is 3.14. The van der Waals surface area contributed by atoms with Gasteiger partial charge in [-0.2, -0.15) is 0 Å². The van der Waals surface area contributed by atoms with Gasteiger partial charge in [-0.25, -0.2) is 14.4 Å². The normalized spacial score (nSPS) is 26.1. The van der Waals surface area contributed by atoms with E-state index in [0.29, 0.717) is 29.5 Å². The maximum absolute atomic E-state index is 12.8. The molecule has 1 fully saturated rings. The van der Waals surface area contributed by atoms with Gasteiger partial charge in [0.15, 0.2) is 0 Å². The number of rotatable bonds is 4. The van der Waals surface area contributed by atoms with Crippen molar-refractivity contribution in [1.29, 1.82) is 0 Å². The highest BCUT2D eigenvalue weighted by molar-refractivity contribution is 5.92. The Balaban J connectivity index is 1.59. The van der Waals surface area contributed by atoms with E-state index in [0.717, 1.165) is 5.57 Å².